The summed E-state index contributed by atoms with van der Waals surface area (Å²) in [7, 11) is 0. The highest BCUT2D eigenvalue weighted by Gasteiger charge is 2.20. The lowest BCUT2D eigenvalue weighted by Crippen LogP contribution is -2.24. The van der Waals surface area contributed by atoms with Crippen LogP contribution in [0.1, 0.15) is 94.1 Å². The van der Waals surface area contributed by atoms with Gasteiger partial charge in [0.25, 0.3) is 0 Å². The quantitative estimate of drug-likeness (QED) is 0.484. The number of carbonyl (C=O) groups excluding carboxylic acids is 3. The summed E-state index contributed by atoms with van der Waals surface area (Å²) in [6.45, 7) is 14.3. The van der Waals surface area contributed by atoms with Gasteiger partial charge >= 0.3 is 17.9 Å². The minimum absolute atomic E-state index is 0.162. The van der Waals surface area contributed by atoms with E-state index in [0.29, 0.717) is 22.3 Å². The number of esters is 2. The van der Waals surface area contributed by atoms with Crippen molar-refractivity contribution in [3.8, 4) is 0 Å². The van der Waals surface area contributed by atoms with Crippen molar-refractivity contribution in [3.05, 3.63) is 69.8 Å². The zero-order chi connectivity index (χ0) is 25.6. The highest BCUT2D eigenvalue weighted by Crippen LogP contribution is 2.17. The minimum atomic E-state index is -1.01. The Balaban J connectivity index is 0.000000331. The number of benzene rings is 2. The van der Waals surface area contributed by atoms with Crippen molar-refractivity contribution in [2.24, 2.45) is 0 Å². The molecule has 0 aliphatic carbocycles. The van der Waals surface area contributed by atoms with Gasteiger partial charge in [0.2, 0.25) is 0 Å². The third-order valence-electron chi connectivity index (χ3n) is 4.10. The normalized spacial score (nSPS) is 11.0. The highest BCUT2D eigenvalue weighted by atomic mass is 16.6. The Morgan fingerprint density at radius 3 is 1.52 bits per heavy atom. The molecule has 0 heterocycles. The van der Waals surface area contributed by atoms with Gasteiger partial charge in [-0.25, -0.2) is 14.4 Å². The average molecular weight is 457 g/mol. The molecule has 2 aromatic carbocycles. The molecule has 7 nitrogen and oxygen atoms in total. The van der Waals surface area contributed by atoms with Gasteiger partial charge < -0.3 is 14.6 Å². The molecule has 0 fully saturated rings. The van der Waals surface area contributed by atoms with E-state index in [0.717, 1.165) is 11.8 Å². The first-order valence-corrected chi connectivity index (χ1v) is 10.4. The van der Waals surface area contributed by atoms with Crippen LogP contribution in [0.3, 0.4) is 0 Å². The van der Waals surface area contributed by atoms with Gasteiger partial charge in [0.1, 0.15) is 17.5 Å². The van der Waals surface area contributed by atoms with Gasteiger partial charge in [-0.3, -0.25) is 4.79 Å². The first kappa shape index (κ1) is 27.6. The number of carboxylic acid groups (broad SMARTS) is 1. The Labute approximate surface area is 194 Å². The van der Waals surface area contributed by atoms with E-state index in [-0.39, 0.29) is 11.5 Å². The van der Waals surface area contributed by atoms with E-state index >= 15 is 0 Å². The van der Waals surface area contributed by atoms with E-state index in [4.69, 9.17) is 14.6 Å². The van der Waals surface area contributed by atoms with E-state index in [2.05, 4.69) is 0 Å². The summed E-state index contributed by atoms with van der Waals surface area (Å²) in [4.78, 5) is 44.9. The summed E-state index contributed by atoms with van der Waals surface area (Å²) in [6, 6.07) is 9.24. The number of hydrogen-bond acceptors (Lipinski definition) is 6. The first-order valence-electron chi connectivity index (χ1n) is 10.4. The molecule has 0 aliphatic heterocycles. The fraction of sp³-hybridized carbons (Fsp3) is 0.385. The van der Waals surface area contributed by atoms with Crippen molar-refractivity contribution < 1.29 is 33.8 Å². The maximum Gasteiger partial charge on any atom is 0.338 e. The van der Waals surface area contributed by atoms with Gasteiger partial charge in [0.15, 0.2) is 0 Å². The molecule has 2 rings (SSSR count). The predicted molar refractivity (Wildman–Crippen MR) is 125 cm³/mol. The van der Waals surface area contributed by atoms with Gasteiger partial charge in [-0.15, -0.1) is 0 Å². The highest BCUT2D eigenvalue weighted by molar-refractivity contribution is 5.94. The molecule has 0 aliphatic rings. The molecule has 0 radical (unpaired) electrons. The maximum absolute atomic E-state index is 11.8. The van der Waals surface area contributed by atoms with Gasteiger partial charge in [0, 0.05) is 5.56 Å². The number of carboxylic acids is 1. The fourth-order valence-corrected chi connectivity index (χ4v) is 2.68. The molecule has 2 aromatic rings. The third kappa shape index (κ3) is 9.27. The Bertz CT molecular complexity index is 1040. The summed E-state index contributed by atoms with van der Waals surface area (Å²) in [6.07, 6.45) is 0.756. The molecular weight excluding hydrogens is 424 g/mol. The van der Waals surface area contributed by atoms with Gasteiger partial charge in [-0.2, -0.15) is 0 Å². The number of hydrogen-bond donors (Lipinski definition) is 1. The summed E-state index contributed by atoms with van der Waals surface area (Å²) in [5.41, 5.74) is 1.89. The van der Waals surface area contributed by atoms with Crippen molar-refractivity contribution in [1.29, 1.82) is 0 Å². The molecule has 178 valence electrons. The predicted octanol–water partition coefficient (Wildman–Crippen LogP) is 5.41. The Morgan fingerprint density at radius 1 is 0.758 bits per heavy atom. The molecule has 7 heteroatoms. The molecule has 1 N–H and O–H groups in total. The SMILES string of the molecule is Cc1cc(C(=O)O)ccc1C(=O)OC(C)(C)C.Cc1cc(C=O)ccc1C(=O)OC(C)(C)C. The third-order valence-corrected chi connectivity index (χ3v) is 4.10. The van der Waals surface area contributed by atoms with Crippen LogP contribution in [0.4, 0.5) is 0 Å². The van der Waals surface area contributed by atoms with E-state index < -0.39 is 23.1 Å². The molecule has 0 spiro atoms. The van der Waals surface area contributed by atoms with Crippen LogP contribution in [0.25, 0.3) is 0 Å². The van der Waals surface area contributed by atoms with Crippen LogP contribution < -0.4 is 0 Å². The van der Waals surface area contributed by atoms with Crippen molar-refractivity contribution in [2.75, 3.05) is 0 Å². The van der Waals surface area contributed by atoms with Crippen molar-refractivity contribution in [1.82, 2.24) is 0 Å². The van der Waals surface area contributed by atoms with E-state index in [9.17, 15) is 19.2 Å². The van der Waals surface area contributed by atoms with Crippen molar-refractivity contribution in [2.45, 2.75) is 66.6 Å². The summed E-state index contributed by atoms with van der Waals surface area (Å²) < 4.78 is 10.5. The van der Waals surface area contributed by atoms with Crippen LogP contribution >= 0.6 is 0 Å². The molecule has 0 saturated heterocycles. The Morgan fingerprint density at radius 2 is 1.18 bits per heavy atom. The van der Waals surface area contributed by atoms with Crippen LogP contribution in [0.15, 0.2) is 36.4 Å². The lowest BCUT2D eigenvalue weighted by Gasteiger charge is -2.20. The monoisotopic (exact) mass is 456 g/mol. The number of ether oxygens (including phenoxy) is 2. The minimum Gasteiger partial charge on any atom is -0.478 e. The zero-order valence-corrected chi connectivity index (χ0v) is 20.4. The van der Waals surface area contributed by atoms with Crippen LogP contribution in [-0.2, 0) is 9.47 Å². The van der Waals surface area contributed by atoms with Crippen molar-refractivity contribution >= 4 is 24.2 Å². The average Bonchev–Trinajstić information content (AvgIpc) is 2.65. The molecule has 0 aromatic heterocycles. The van der Waals surface area contributed by atoms with Gasteiger partial charge in [0.05, 0.1) is 16.7 Å². The number of carbonyl (C=O) groups is 4. The van der Waals surface area contributed by atoms with Crippen LogP contribution in [0.2, 0.25) is 0 Å². The van der Waals surface area contributed by atoms with Crippen LogP contribution in [-0.4, -0.2) is 40.5 Å². The summed E-state index contributed by atoms with van der Waals surface area (Å²) in [5, 5.41) is 8.81. The van der Waals surface area contributed by atoms with E-state index in [1.54, 1.807) is 52.8 Å². The number of aryl methyl sites for hydroxylation is 2. The number of aromatic carboxylic acids is 1. The summed E-state index contributed by atoms with van der Waals surface area (Å²) in [5.74, 6) is -1.81. The standard InChI is InChI=1S/C13H16O4.C13H16O3/c1-8-7-9(11(14)15)5-6-10(8)12(16)17-13(2,3)4;1-9-7-10(8-14)5-6-11(9)12(15)16-13(2,3)4/h5-7H,1-4H3,(H,14,15);5-8H,1-4H3. The molecule has 0 unspecified atom stereocenters. The molecule has 0 saturated carbocycles. The van der Waals surface area contributed by atoms with Gasteiger partial charge in [-0.05, 0) is 96.8 Å². The van der Waals surface area contributed by atoms with Crippen LogP contribution in [0, 0.1) is 13.8 Å². The zero-order valence-electron chi connectivity index (χ0n) is 20.4. The van der Waals surface area contributed by atoms with Gasteiger partial charge in [-0.1, -0.05) is 6.07 Å². The second-order valence-electron chi connectivity index (χ2n) is 9.53. The number of rotatable bonds is 4. The smallest absolute Gasteiger partial charge is 0.338 e. The Hall–Kier alpha value is -3.48. The molecule has 0 amide bonds. The Kier molecular flexibility index (Phi) is 9.10. The molecular formula is C26H32O7. The molecule has 0 atom stereocenters. The topological polar surface area (TPSA) is 107 Å². The van der Waals surface area contributed by atoms with E-state index in [1.165, 1.54) is 18.2 Å². The number of aldehydes is 1. The molecule has 0 bridgehead atoms. The lowest BCUT2D eigenvalue weighted by molar-refractivity contribution is 0.00560. The lowest BCUT2D eigenvalue weighted by atomic mass is 10.0. The second-order valence-corrected chi connectivity index (χ2v) is 9.53. The van der Waals surface area contributed by atoms with Crippen LogP contribution in [0.5, 0.6) is 0 Å². The second kappa shape index (κ2) is 10.9. The van der Waals surface area contributed by atoms with E-state index in [1.807, 2.05) is 20.8 Å². The first-order chi connectivity index (χ1) is 15.0. The summed E-state index contributed by atoms with van der Waals surface area (Å²) >= 11 is 0. The maximum atomic E-state index is 11.8. The molecule has 33 heavy (non-hydrogen) atoms. The largest absolute Gasteiger partial charge is 0.478 e. The van der Waals surface area contributed by atoms with Crippen molar-refractivity contribution in [3.63, 3.8) is 0 Å². The fourth-order valence-electron chi connectivity index (χ4n) is 2.68.